The summed E-state index contributed by atoms with van der Waals surface area (Å²) in [6, 6.07) is 9.32. The number of Topliss-reactive ketones (excluding diaryl/α,β-unsaturated/α-hetero) is 1. The van der Waals surface area contributed by atoms with E-state index in [1.165, 1.54) is 37.5 Å². The van der Waals surface area contributed by atoms with Gasteiger partial charge in [0.05, 0.1) is 21.8 Å². The van der Waals surface area contributed by atoms with Gasteiger partial charge >= 0.3 is 6.18 Å². The SMILES string of the molecule is CNN(C(=O)c1ccc(C(=O)C(F)(F)F)cc1F)c1ccc(C)cc1C(=O)Nc1ccc(Cl)cn1. The molecule has 3 aromatic rings. The van der Waals surface area contributed by atoms with Gasteiger partial charge in [-0.05, 0) is 43.3 Å². The number of pyridine rings is 1. The molecule has 0 aliphatic heterocycles. The van der Waals surface area contributed by atoms with Gasteiger partial charge in [-0.15, -0.1) is 0 Å². The monoisotopic (exact) mass is 508 g/mol. The Labute approximate surface area is 201 Å². The smallest absolute Gasteiger partial charge is 0.306 e. The minimum atomic E-state index is -5.20. The number of carbonyl (C=O) groups excluding carboxylic acids is 3. The predicted molar refractivity (Wildman–Crippen MR) is 121 cm³/mol. The zero-order valence-corrected chi connectivity index (χ0v) is 19.0. The van der Waals surface area contributed by atoms with Crippen LogP contribution in [0.1, 0.15) is 36.6 Å². The van der Waals surface area contributed by atoms with Crippen molar-refractivity contribution in [1.82, 2.24) is 10.4 Å². The number of hydrogen-bond donors (Lipinski definition) is 2. The molecule has 2 N–H and O–H groups in total. The minimum absolute atomic E-state index is 0.0220. The van der Waals surface area contributed by atoms with Gasteiger partial charge in [-0.25, -0.2) is 19.8 Å². The molecule has 0 saturated carbocycles. The maximum atomic E-state index is 14.6. The van der Waals surface area contributed by atoms with Crippen molar-refractivity contribution in [3.8, 4) is 0 Å². The Morgan fingerprint density at radius 2 is 1.71 bits per heavy atom. The van der Waals surface area contributed by atoms with E-state index in [2.05, 4.69) is 15.7 Å². The van der Waals surface area contributed by atoms with Crippen LogP contribution in [-0.2, 0) is 0 Å². The van der Waals surface area contributed by atoms with Crippen molar-refractivity contribution in [2.24, 2.45) is 0 Å². The van der Waals surface area contributed by atoms with Crippen LogP contribution >= 0.6 is 11.6 Å². The number of nitrogens with one attached hydrogen (secondary N) is 2. The second-order valence-electron chi connectivity index (χ2n) is 7.22. The van der Waals surface area contributed by atoms with Gasteiger partial charge < -0.3 is 5.32 Å². The average Bonchev–Trinajstić information content (AvgIpc) is 2.80. The van der Waals surface area contributed by atoms with Crippen LogP contribution in [-0.4, -0.2) is 35.8 Å². The highest BCUT2D eigenvalue weighted by Crippen LogP contribution is 2.26. The molecule has 1 heterocycles. The molecule has 35 heavy (non-hydrogen) atoms. The number of amides is 2. The van der Waals surface area contributed by atoms with E-state index in [9.17, 15) is 31.9 Å². The van der Waals surface area contributed by atoms with E-state index in [1.807, 2.05) is 0 Å². The Balaban J connectivity index is 1.96. The van der Waals surface area contributed by atoms with E-state index in [1.54, 1.807) is 13.0 Å². The van der Waals surface area contributed by atoms with Crippen LogP contribution in [0.25, 0.3) is 0 Å². The number of hydrogen-bond acceptors (Lipinski definition) is 5. The van der Waals surface area contributed by atoms with Gasteiger partial charge in [0.1, 0.15) is 11.6 Å². The number of hydrazine groups is 1. The van der Waals surface area contributed by atoms with Crippen LogP contribution in [0.2, 0.25) is 5.02 Å². The predicted octanol–water partition coefficient (Wildman–Crippen LogP) is 4.96. The van der Waals surface area contributed by atoms with Crippen molar-refractivity contribution in [1.29, 1.82) is 0 Å². The summed E-state index contributed by atoms with van der Waals surface area (Å²) in [6.07, 6.45) is -3.87. The molecule has 0 spiro atoms. The number of alkyl halides is 3. The first kappa shape index (κ1) is 25.8. The van der Waals surface area contributed by atoms with Gasteiger partial charge in [0.2, 0.25) is 0 Å². The van der Waals surface area contributed by atoms with Crippen molar-refractivity contribution < 1.29 is 31.9 Å². The number of carbonyl (C=O) groups is 3. The van der Waals surface area contributed by atoms with Crippen molar-refractivity contribution in [2.45, 2.75) is 13.1 Å². The first-order valence-corrected chi connectivity index (χ1v) is 10.3. The Morgan fingerprint density at radius 1 is 1.00 bits per heavy atom. The quantitative estimate of drug-likeness (QED) is 0.279. The summed E-state index contributed by atoms with van der Waals surface area (Å²) >= 11 is 5.79. The molecule has 7 nitrogen and oxygen atoms in total. The molecule has 12 heteroatoms. The Bertz CT molecular complexity index is 1300. The van der Waals surface area contributed by atoms with E-state index in [0.717, 1.165) is 11.1 Å². The van der Waals surface area contributed by atoms with Crippen LogP contribution < -0.4 is 15.8 Å². The van der Waals surface area contributed by atoms with E-state index in [4.69, 9.17) is 11.6 Å². The molecular formula is C23H17ClF4N4O3. The fourth-order valence-corrected chi connectivity index (χ4v) is 3.22. The number of anilines is 2. The first-order chi connectivity index (χ1) is 16.4. The molecule has 0 atom stereocenters. The molecule has 1 aromatic heterocycles. The Morgan fingerprint density at radius 3 is 2.29 bits per heavy atom. The number of benzene rings is 2. The second kappa shape index (κ2) is 10.2. The Kier molecular flexibility index (Phi) is 7.51. The molecule has 0 unspecified atom stereocenters. The van der Waals surface area contributed by atoms with Gasteiger partial charge in [0, 0.05) is 18.8 Å². The lowest BCUT2D eigenvalue weighted by atomic mass is 10.0. The van der Waals surface area contributed by atoms with Crippen molar-refractivity contribution in [3.05, 3.63) is 87.8 Å². The maximum absolute atomic E-state index is 14.6. The third-order valence-electron chi connectivity index (χ3n) is 4.75. The molecule has 3 rings (SSSR count). The van der Waals surface area contributed by atoms with Crippen LogP contribution in [0.5, 0.6) is 0 Å². The first-order valence-electron chi connectivity index (χ1n) is 9.89. The number of rotatable bonds is 6. The summed E-state index contributed by atoms with van der Waals surface area (Å²) in [7, 11) is 1.33. The lowest BCUT2D eigenvalue weighted by Gasteiger charge is -2.24. The molecule has 0 aliphatic rings. The van der Waals surface area contributed by atoms with E-state index in [-0.39, 0.29) is 17.1 Å². The van der Waals surface area contributed by atoms with Crippen molar-refractivity contribution >= 4 is 40.7 Å². The molecule has 2 aromatic carbocycles. The van der Waals surface area contributed by atoms with Gasteiger partial charge in [-0.2, -0.15) is 13.2 Å². The largest absolute Gasteiger partial charge is 0.454 e. The fourth-order valence-electron chi connectivity index (χ4n) is 3.11. The van der Waals surface area contributed by atoms with E-state index >= 15 is 0 Å². The van der Waals surface area contributed by atoms with Crippen LogP contribution in [0, 0.1) is 12.7 Å². The standard InChI is InChI=1S/C23H17ClF4N4O3/c1-12-3-7-18(16(9-12)21(34)31-19-8-5-14(24)11-30-19)32(29-2)22(35)15-6-4-13(10-17(15)25)20(33)23(26,27)28/h3-11,29H,1-2H3,(H,30,31,34). The van der Waals surface area contributed by atoms with Gasteiger partial charge in [0.25, 0.3) is 17.6 Å². The van der Waals surface area contributed by atoms with Gasteiger partial charge in [-0.3, -0.25) is 14.4 Å². The topological polar surface area (TPSA) is 91.4 Å². The number of nitrogens with zero attached hydrogens (tertiary/aromatic N) is 2. The summed E-state index contributed by atoms with van der Waals surface area (Å²) in [5.41, 5.74) is 1.70. The third kappa shape index (κ3) is 5.81. The Hall–Kier alpha value is -3.83. The van der Waals surface area contributed by atoms with Crippen LogP contribution in [0.4, 0.5) is 29.1 Å². The van der Waals surface area contributed by atoms with Gasteiger partial charge in [0.15, 0.2) is 0 Å². The molecule has 0 radical (unpaired) electrons. The number of halogens is 5. The second-order valence-corrected chi connectivity index (χ2v) is 7.66. The highest BCUT2D eigenvalue weighted by Gasteiger charge is 2.39. The molecule has 0 fully saturated rings. The number of aryl methyl sites for hydroxylation is 1. The molecule has 182 valence electrons. The fraction of sp³-hybridized carbons (Fsp3) is 0.130. The summed E-state index contributed by atoms with van der Waals surface area (Å²) in [4.78, 5) is 41.4. The van der Waals surface area contributed by atoms with Crippen molar-refractivity contribution in [3.63, 3.8) is 0 Å². The maximum Gasteiger partial charge on any atom is 0.454 e. The average molecular weight is 509 g/mol. The van der Waals surface area contributed by atoms with Crippen LogP contribution in [0.15, 0.2) is 54.7 Å². The highest BCUT2D eigenvalue weighted by molar-refractivity contribution is 6.30. The zero-order chi connectivity index (χ0) is 25.9. The molecule has 0 saturated heterocycles. The third-order valence-corrected chi connectivity index (χ3v) is 4.98. The van der Waals surface area contributed by atoms with Gasteiger partial charge in [-0.1, -0.05) is 29.3 Å². The summed E-state index contributed by atoms with van der Waals surface area (Å²) in [5.74, 6) is -5.05. The molecule has 2 amide bonds. The molecule has 0 bridgehead atoms. The summed E-state index contributed by atoms with van der Waals surface area (Å²) in [5, 5.41) is 3.78. The highest BCUT2D eigenvalue weighted by atomic mass is 35.5. The van der Waals surface area contributed by atoms with E-state index < -0.39 is 40.7 Å². The lowest BCUT2D eigenvalue weighted by molar-refractivity contribution is -0.0885. The molecular weight excluding hydrogens is 492 g/mol. The number of ketones is 1. The molecule has 0 aliphatic carbocycles. The zero-order valence-electron chi connectivity index (χ0n) is 18.2. The minimum Gasteiger partial charge on any atom is -0.306 e. The number of aromatic nitrogens is 1. The normalized spacial score (nSPS) is 11.2. The van der Waals surface area contributed by atoms with Crippen molar-refractivity contribution in [2.75, 3.05) is 17.4 Å². The lowest BCUT2D eigenvalue weighted by Crippen LogP contribution is -2.42. The van der Waals surface area contributed by atoms with Crippen LogP contribution in [0.3, 0.4) is 0 Å². The summed E-state index contributed by atoms with van der Waals surface area (Å²) < 4.78 is 52.6. The summed E-state index contributed by atoms with van der Waals surface area (Å²) in [6.45, 7) is 1.71. The van der Waals surface area contributed by atoms with E-state index in [0.29, 0.717) is 22.7 Å².